The first-order valence-corrected chi connectivity index (χ1v) is 11.0. The molecule has 0 heterocycles. The van der Waals surface area contributed by atoms with Crippen molar-refractivity contribution in [2.24, 2.45) is 0 Å². The summed E-state index contributed by atoms with van der Waals surface area (Å²) in [5.41, 5.74) is 6.73. The number of amides is 1. The molecule has 0 fully saturated rings. The van der Waals surface area contributed by atoms with Crippen molar-refractivity contribution in [2.45, 2.75) is 59.6 Å². The van der Waals surface area contributed by atoms with Crippen LogP contribution in [0.5, 0.6) is 5.75 Å². The fourth-order valence-electron chi connectivity index (χ4n) is 3.86. The van der Waals surface area contributed by atoms with Gasteiger partial charge in [-0.1, -0.05) is 80.1 Å². The first-order valence-electron chi connectivity index (χ1n) is 11.0. The molecule has 3 aromatic carbocycles. The summed E-state index contributed by atoms with van der Waals surface area (Å²) in [4.78, 5) is 13.2. The van der Waals surface area contributed by atoms with E-state index in [0.29, 0.717) is 5.92 Å². The molecule has 0 saturated carbocycles. The molecule has 1 amide bonds. The van der Waals surface area contributed by atoms with E-state index in [2.05, 4.69) is 63.3 Å². The summed E-state index contributed by atoms with van der Waals surface area (Å²) >= 11 is 0. The lowest BCUT2D eigenvalue weighted by molar-refractivity contribution is -0.127. The summed E-state index contributed by atoms with van der Waals surface area (Å²) in [7, 11) is 0. The van der Waals surface area contributed by atoms with Crippen LogP contribution in [-0.2, 0) is 4.79 Å². The highest BCUT2D eigenvalue weighted by atomic mass is 16.5. The van der Waals surface area contributed by atoms with Crippen molar-refractivity contribution in [3.63, 3.8) is 0 Å². The molecule has 0 aromatic heterocycles. The number of aryl methyl sites for hydroxylation is 3. The Morgan fingerprint density at radius 2 is 1.42 bits per heavy atom. The number of ether oxygens (including phenoxy) is 1. The van der Waals surface area contributed by atoms with Gasteiger partial charge in [0, 0.05) is 0 Å². The Labute approximate surface area is 186 Å². The Balaban J connectivity index is 1.86. The van der Waals surface area contributed by atoms with E-state index in [-0.39, 0.29) is 11.9 Å². The molecule has 0 aliphatic carbocycles. The first kappa shape index (κ1) is 22.6. The molecule has 162 valence electrons. The summed E-state index contributed by atoms with van der Waals surface area (Å²) in [5, 5.41) is 3.23. The van der Waals surface area contributed by atoms with Crippen LogP contribution in [0, 0.1) is 20.8 Å². The van der Waals surface area contributed by atoms with E-state index in [1.165, 1.54) is 5.56 Å². The molecule has 0 saturated heterocycles. The van der Waals surface area contributed by atoms with E-state index in [4.69, 9.17) is 4.74 Å². The smallest absolute Gasteiger partial charge is 0.261 e. The zero-order valence-electron chi connectivity index (χ0n) is 19.4. The summed E-state index contributed by atoms with van der Waals surface area (Å²) in [6, 6.07) is 22.4. The van der Waals surface area contributed by atoms with Crippen LogP contribution in [0.4, 0.5) is 0 Å². The van der Waals surface area contributed by atoms with Crippen molar-refractivity contribution in [3.8, 4) is 5.75 Å². The Bertz CT molecular complexity index is 1040. The van der Waals surface area contributed by atoms with E-state index < -0.39 is 6.10 Å². The van der Waals surface area contributed by atoms with Gasteiger partial charge in [-0.2, -0.15) is 0 Å². The molecule has 3 nitrogen and oxygen atoms in total. The highest BCUT2D eigenvalue weighted by Crippen LogP contribution is 2.29. The van der Waals surface area contributed by atoms with Crippen LogP contribution >= 0.6 is 0 Å². The Kier molecular flexibility index (Phi) is 7.17. The lowest BCUT2D eigenvalue weighted by atomic mass is 9.93. The van der Waals surface area contributed by atoms with Crippen LogP contribution in [0.1, 0.15) is 66.1 Å². The SMILES string of the molecule is Cc1ccc([C@@H](NC(=O)[C@@H](C)Oc2cc(C)ccc2C(C)C)c2ccccc2)c(C)c1. The van der Waals surface area contributed by atoms with Gasteiger partial charge < -0.3 is 10.1 Å². The maximum Gasteiger partial charge on any atom is 0.261 e. The maximum absolute atomic E-state index is 13.2. The van der Waals surface area contributed by atoms with Gasteiger partial charge in [-0.05, 0) is 67.5 Å². The first-order chi connectivity index (χ1) is 14.8. The Hall–Kier alpha value is -3.07. The number of rotatable bonds is 7. The molecule has 31 heavy (non-hydrogen) atoms. The molecule has 0 aliphatic rings. The van der Waals surface area contributed by atoms with Gasteiger partial charge in [0.1, 0.15) is 5.75 Å². The molecule has 1 N–H and O–H groups in total. The molecular weight excluding hydrogens is 382 g/mol. The monoisotopic (exact) mass is 415 g/mol. The number of carbonyl (C=O) groups is 1. The van der Waals surface area contributed by atoms with E-state index in [9.17, 15) is 4.79 Å². The number of hydrogen-bond donors (Lipinski definition) is 1. The Morgan fingerprint density at radius 3 is 2.03 bits per heavy atom. The molecule has 0 spiro atoms. The lowest BCUT2D eigenvalue weighted by Gasteiger charge is -2.25. The molecule has 3 rings (SSSR count). The second-order valence-corrected chi connectivity index (χ2v) is 8.67. The standard InChI is InChI=1S/C28H33NO2/c1-18(2)24-14-12-20(4)17-26(24)31-22(6)28(30)29-27(23-10-8-7-9-11-23)25-15-13-19(3)16-21(25)5/h7-18,22,27H,1-6H3,(H,29,30)/t22-,27+/m1/s1. The minimum Gasteiger partial charge on any atom is -0.481 e. The molecule has 0 bridgehead atoms. The summed E-state index contributed by atoms with van der Waals surface area (Å²) < 4.78 is 6.16. The van der Waals surface area contributed by atoms with Crippen molar-refractivity contribution in [2.75, 3.05) is 0 Å². The van der Waals surface area contributed by atoms with Crippen LogP contribution < -0.4 is 10.1 Å². The predicted octanol–water partition coefficient (Wildman–Crippen LogP) is 6.41. The van der Waals surface area contributed by atoms with Crippen molar-refractivity contribution >= 4 is 5.91 Å². The molecule has 0 radical (unpaired) electrons. The van der Waals surface area contributed by atoms with Crippen molar-refractivity contribution in [1.29, 1.82) is 0 Å². The van der Waals surface area contributed by atoms with Gasteiger partial charge in [-0.3, -0.25) is 4.79 Å². The molecule has 3 aromatic rings. The molecule has 0 aliphatic heterocycles. The topological polar surface area (TPSA) is 38.3 Å². The number of carbonyl (C=O) groups excluding carboxylic acids is 1. The normalized spacial score (nSPS) is 13.0. The number of nitrogens with one attached hydrogen (secondary N) is 1. The average molecular weight is 416 g/mol. The summed E-state index contributed by atoms with van der Waals surface area (Å²) in [5.74, 6) is 0.962. The third-order valence-electron chi connectivity index (χ3n) is 5.62. The number of benzene rings is 3. The average Bonchev–Trinajstić information content (AvgIpc) is 2.72. The van der Waals surface area contributed by atoms with Crippen LogP contribution in [0.3, 0.4) is 0 Å². The van der Waals surface area contributed by atoms with Gasteiger partial charge in [0.05, 0.1) is 6.04 Å². The van der Waals surface area contributed by atoms with Crippen LogP contribution in [0.2, 0.25) is 0 Å². The zero-order valence-corrected chi connectivity index (χ0v) is 19.4. The number of hydrogen-bond acceptors (Lipinski definition) is 2. The molecular formula is C28H33NO2. The highest BCUT2D eigenvalue weighted by molar-refractivity contribution is 5.81. The second-order valence-electron chi connectivity index (χ2n) is 8.67. The Morgan fingerprint density at radius 1 is 0.806 bits per heavy atom. The minimum absolute atomic E-state index is 0.134. The van der Waals surface area contributed by atoms with Gasteiger partial charge in [0.2, 0.25) is 0 Å². The maximum atomic E-state index is 13.2. The van der Waals surface area contributed by atoms with Gasteiger partial charge in [0.15, 0.2) is 6.10 Å². The van der Waals surface area contributed by atoms with Crippen molar-refractivity contribution in [3.05, 3.63) is 100 Å². The largest absolute Gasteiger partial charge is 0.481 e. The summed E-state index contributed by atoms with van der Waals surface area (Å²) in [6.07, 6.45) is -0.615. The third-order valence-corrected chi connectivity index (χ3v) is 5.62. The minimum atomic E-state index is -0.615. The molecule has 2 atom stereocenters. The zero-order chi connectivity index (χ0) is 22.5. The van der Waals surface area contributed by atoms with E-state index in [1.807, 2.05) is 50.2 Å². The quantitative estimate of drug-likeness (QED) is 0.484. The molecule has 3 heteroatoms. The fourth-order valence-corrected chi connectivity index (χ4v) is 3.86. The summed E-state index contributed by atoms with van der Waals surface area (Å²) in [6.45, 7) is 12.3. The van der Waals surface area contributed by atoms with Crippen LogP contribution in [0.15, 0.2) is 66.7 Å². The fraction of sp³-hybridized carbons (Fsp3) is 0.321. The van der Waals surface area contributed by atoms with Gasteiger partial charge >= 0.3 is 0 Å². The van der Waals surface area contributed by atoms with Crippen LogP contribution in [-0.4, -0.2) is 12.0 Å². The highest BCUT2D eigenvalue weighted by Gasteiger charge is 2.24. The van der Waals surface area contributed by atoms with Gasteiger partial charge in [-0.25, -0.2) is 0 Å². The van der Waals surface area contributed by atoms with Crippen LogP contribution in [0.25, 0.3) is 0 Å². The molecule has 0 unspecified atom stereocenters. The third kappa shape index (κ3) is 5.55. The predicted molar refractivity (Wildman–Crippen MR) is 128 cm³/mol. The van der Waals surface area contributed by atoms with E-state index in [0.717, 1.165) is 33.6 Å². The van der Waals surface area contributed by atoms with Crippen molar-refractivity contribution < 1.29 is 9.53 Å². The van der Waals surface area contributed by atoms with Gasteiger partial charge in [0.25, 0.3) is 5.91 Å². The van der Waals surface area contributed by atoms with Gasteiger partial charge in [-0.15, -0.1) is 0 Å². The van der Waals surface area contributed by atoms with Crippen molar-refractivity contribution in [1.82, 2.24) is 5.32 Å². The van der Waals surface area contributed by atoms with E-state index in [1.54, 1.807) is 0 Å². The van der Waals surface area contributed by atoms with E-state index >= 15 is 0 Å². The lowest BCUT2D eigenvalue weighted by Crippen LogP contribution is -2.39. The second kappa shape index (κ2) is 9.82.